The number of fused-ring (bicyclic) bond motifs is 1. The smallest absolute Gasteiger partial charge is 0.306 e. The number of aryl methyl sites for hydroxylation is 1. The topological polar surface area (TPSA) is 73.3 Å². The second-order valence-electron chi connectivity index (χ2n) is 3.85. The van der Waals surface area contributed by atoms with Crippen molar-refractivity contribution in [2.24, 2.45) is 5.92 Å². The highest BCUT2D eigenvalue weighted by molar-refractivity contribution is 5.71. The Morgan fingerprint density at radius 1 is 1.64 bits per heavy atom. The highest BCUT2D eigenvalue weighted by atomic mass is 16.4. The van der Waals surface area contributed by atoms with Crippen LogP contribution < -0.4 is 0 Å². The van der Waals surface area contributed by atoms with Gasteiger partial charge in [-0.1, -0.05) is 0 Å². The summed E-state index contributed by atoms with van der Waals surface area (Å²) in [6.45, 7) is 1.92. The second-order valence-corrected chi connectivity index (χ2v) is 3.85. The van der Waals surface area contributed by atoms with Gasteiger partial charge in [0.1, 0.15) is 0 Å². The zero-order valence-corrected chi connectivity index (χ0v) is 7.95. The summed E-state index contributed by atoms with van der Waals surface area (Å²) in [4.78, 5) is 13.8. The minimum absolute atomic E-state index is 0.320. The molecule has 0 bridgehead atoms. The Kier molecular flexibility index (Phi) is 2.07. The van der Waals surface area contributed by atoms with Crippen LogP contribution in [0.15, 0.2) is 6.20 Å². The van der Waals surface area contributed by atoms with E-state index in [9.17, 15) is 9.90 Å². The molecule has 4 heteroatoms. The maximum Gasteiger partial charge on any atom is 0.306 e. The number of carboxylic acid groups (broad SMARTS) is 1. The third kappa shape index (κ3) is 1.32. The molecular weight excluding hydrogens is 182 g/mol. The number of nitrogens with one attached hydrogen (secondary N) is 1. The molecule has 0 saturated heterocycles. The second kappa shape index (κ2) is 3.13. The Bertz CT molecular complexity index is 369. The summed E-state index contributed by atoms with van der Waals surface area (Å²) < 4.78 is 0. The molecule has 0 aliphatic heterocycles. The molecule has 1 aliphatic rings. The van der Waals surface area contributed by atoms with Gasteiger partial charge >= 0.3 is 5.97 Å². The van der Waals surface area contributed by atoms with Crippen molar-refractivity contribution in [3.8, 4) is 0 Å². The van der Waals surface area contributed by atoms with E-state index in [0.717, 1.165) is 16.8 Å². The van der Waals surface area contributed by atoms with E-state index in [1.807, 2.05) is 13.1 Å². The average Bonchev–Trinajstić information content (AvgIpc) is 2.48. The van der Waals surface area contributed by atoms with Crippen LogP contribution in [0.2, 0.25) is 0 Å². The van der Waals surface area contributed by atoms with Crippen LogP contribution in [-0.2, 0) is 11.2 Å². The summed E-state index contributed by atoms with van der Waals surface area (Å²) in [6, 6.07) is 0. The fraction of sp³-hybridized carbons (Fsp3) is 0.500. The Morgan fingerprint density at radius 3 is 3.00 bits per heavy atom. The molecule has 3 N–H and O–H groups in total. The first-order chi connectivity index (χ1) is 6.59. The lowest BCUT2D eigenvalue weighted by atomic mass is 9.85. The lowest BCUT2D eigenvalue weighted by Gasteiger charge is -2.24. The SMILES string of the molecule is Cc1c[nH]c2c1C(O)CC(C(=O)O)C2. The van der Waals surface area contributed by atoms with Gasteiger partial charge in [0.2, 0.25) is 0 Å². The number of hydrogen-bond acceptors (Lipinski definition) is 2. The van der Waals surface area contributed by atoms with Crippen molar-refractivity contribution < 1.29 is 15.0 Å². The van der Waals surface area contributed by atoms with Crippen LogP contribution in [0.5, 0.6) is 0 Å². The zero-order chi connectivity index (χ0) is 10.3. The highest BCUT2D eigenvalue weighted by Gasteiger charge is 2.31. The largest absolute Gasteiger partial charge is 0.481 e. The van der Waals surface area contributed by atoms with E-state index in [-0.39, 0.29) is 0 Å². The maximum atomic E-state index is 10.8. The van der Waals surface area contributed by atoms with E-state index in [4.69, 9.17) is 5.11 Å². The summed E-state index contributed by atoms with van der Waals surface area (Å²) in [5.74, 6) is -1.29. The van der Waals surface area contributed by atoms with E-state index in [2.05, 4.69) is 4.98 Å². The van der Waals surface area contributed by atoms with Crippen LogP contribution in [0.1, 0.15) is 29.3 Å². The fourth-order valence-corrected chi connectivity index (χ4v) is 2.13. The number of hydrogen-bond donors (Lipinski definition) is 3. The molecule has 2 rings (SSSR count). The molecule has 0 amide bonds. The third-order valence-corrected chi connectivity index (χ3v) is 2.85. The molecule has 0 saturated carbocycles. The maximum absolute atomic E-state index is 10.8. The predicted molar refractivity (Wildman–Crippen MR) is 49.9 cm³/mol. The van der Waals surface area contributed by atoms with Crippen molar-refractivity contribution in [3.63, 3.8) is 0 Å². The number of aromatic nitrogens is 1. The van der Waals surface area contributed by atoms with Gasteiger partial charge in [-0.25, -0.2) is 0 Å². The van der Waals surface area contributed by atoms with Gasteiger partial charge in [-0.05, 0) is 18.9 Å². The van der Waals surface area contributed by atoms with Crippen molar-refractivity contribution in [3.05, 3.63) is 23.0 Å². The first-order valence-electron chi connectivity index (χ1n) is 4.67. The number of aliphatic hydroxyl groups is 1. The molecule has 0 aromatic carbocycles. The zero-order valence-electron chi connectivity index (χ0n) is 7.95. The predicted octanol–water partition coefficient (Wildman–Crippen LogP) is 1.00. The molecule has 1 aromatic rings. The molecule has 2 atom stereocenters. The van der Waals surface area contributed by atoms with E-state index < -0.39 is 18.0 Å². The molecule has 0 radical (unpaired) electrons. The van der Waals surface area contributed by atoms with Crippen LogP contribution in [0.3, 0.4) is 0 Å². The Balaban J connectivity index is 2.34. The Morgan fingerprint density at radius 2 is 2.36 bits per heavy atom. The van der Waals surface area contributed by atoms with Gasteiger partial charge in [-0.3, -0.25) is 4.79 Å². The molecule has 1 aliphatic carbocycles. The van der Waals surface area contributed by atoms with Crippen molar-refractivity contribution in [1.29, 1.82) is 0 Å². The monoisotopic (exact) mass is 195 g/mol. The number of carboxylic acids is 1. The number of aromatic amines is 1. The van der Waals surface area contributed by atoms with Gasteiger partial charge in [-0.2, -0.15) is 0 Å². The third-order valence-electron chi connectivity index (χ3n) is 2.85. The van der Waals surface area contributed by atoms with Crippen LogP contribution in [-0.4, -0.2) is 21.2 Å². The van der Waals surface area contributed by atoms with E-state index in [0.29, 0.717) is 12.8 Å². The van der Waals surface area contributed by atoms with Crippen molar-refractivity contribution in [2.75, 3.05) is 0 Å². The molecule has 1 heterocycles. The summed E-state index contributed by atoms with van der Waals surface area (Å²) in [6.07, 6.45) is 2.00. The van der Waals surface area contributed by atoms with E-state index in [1.54, 1.807) is 0 Å². The molecule has 4 nitrogen and oxygen atoms in total. The number of rotatable bonds is 1. The standard InChI is InChI=1S/C10H13NO3/c1-5-4-11-7-2-6(10(13)14)3-8(12)9(5)7/h4,6,8,11-12H,2-3H2,1H3,(H,13,14). The van der Waals surface area contributed by atoms with Crippen molar-refractivity contribution >= 4 is 5.97 Å². The number of H-pyrrole nitrogens is 1. The average molecular weight is 195 g/mol. The van der Waals surface area contributed by atoms with Crippen LogP contribution in [0.4, 0.5) is 0 Å². The van der Waals surface area contributed by atoms with Gasteiger partial charge in [-0.15, -0.1) is 0 Å². The van der Waals surface area contributed by atoms with Crippen LogP contribution >= 0.6 is 0 Å². The normalized spacial score (nSPS) is 25.9. The Hall–Kier alpha value is -1.29. The molecule has 14 heavy (non-hydrogen) atoms. The van der Waals surface area contributed by atoms with Gasteiger partial charge < -0.3 is 15.2 Å². The first-order valence-corrected chi connectivity index (χ1v) is 4.67. The van der Waals surface area contributed by atoms with Gasteiger partial charge in [0, 0.05) is 23.9 Å². The van der Waals surface area contributed by atoms with Crippen LogP contribution in [0.25, 0.3) is 0 Å². The summed E-state index contributed by atoms with van der Waals surface area (Å²) in [5.41, 5.74) is 2.77. The van der Waals surface area contributed by atoms with E-state index in [1.165, 1.54) is 0 Å². The highest BCUT2D eigenvalue weighted by Crippen LogP contribution is 2.34. The number of aliphatic carboxylic acids is 1. The molecule has 2 unspecified atom stereocenters. The lowest BCUT2D eigenvalue weighted by Crippen LogP contribution is -2.25. The minimum Gasteiger partial charge on any atom is -0.481 e. The van der Waals surface area contributed by atoms with Gasteiger partial charge in [0.25, 0.3) is 0 Å². The minimum atomic E-state index is -0.832. The number of aliphatic hydroxyl groups excluding tert-OH is 1. The summed E-state index contributed by atoms with van der Waals surface area (Å²) in [5, 5.41) is 18.6. The van der Waals surface area contributed by atoms with Gasteiger partial charge in [0.05, 0.1) is 12.0 Å². The molecule has 1 aromatic heterocycles. The summed E-state index contributed by atoms with van der Waals surface area (Å²) in [7, 11) is 0. The molecule has 0 spiro atoms. The van der Waals surface area contributed by atoms with Crippen molar-refractivity contribution in [2.45, 2.75) is 25.9 Å². The van der Waals surface area contributed by atoms with Crippen LogP contribution in [0, 0.1) is 12.8 Å². The Labute approximate surface area is 81.6 Å². The molecule has 76 valence electrons. The lowest BCUT2D eigenvalue weighted by molar-refractivity contribution is -0.143. The quantitative estimate of drug-likeness (QED) is 0.626. The molecule has 0 fully saturated rings. The number of carbonyl (C=O) groups is 1. The molecular formula is C10H13NO3. The summed E-state index contributed by atoms with van der Waals surface area (Å²) >= 11 is 0. The fourth-order valence-electron chi connectivity index (χ4n) is 2.13. The first kappa shape index (κ1) is 9.27. The van der Waals surface area contributed by atoms with E-state index >= 15 is 0 Å². The van der Waals surface area contributed by atoms with Crippen molar-refractivity contribution in [1.82, 2.24) is 4.98 Å². The van der Waals surface area contributed by atoms with Gasteiger partial charge in [0.15, 0.2) is 0 Å².